The van der Waals surface area contributed by atoms with Crippen molar-refractivity contribution in [1.29, 1.82) is 0 Å². The summed E-state index contributed by atoms with van der Waals surface area (Å²) in [6, 6.07) is 8.99. The summed E-state index contributed by atoms with van der Waals surface area (Å²) in [5, 5.41) is 15.5. The molecular formula is C55H81NO7S. The number of esters is 2. The summed E-state index contributed by atoms with van der Waals surface area (Å²) in [6.45, 7) is 22.8. The van der Waals surface area contributed by atoms with Gasteiger partial charge in [-0.25, -0.2) is 13.2 Å². The van der Waals surface area contributed by atoms with Gasteiger partial charge in [-0.2, -0.15) is 0 Å². The fourth-order valence-electron chi connectivity index (χ4n) is 16.6. The van der Waals surface area contributed by atoms with Crippen LogP contribution in [0.15, 0.2) is 65.8 Å². The summed E-state index contributed by atoms with van der Waals surface area (Å²) < 4.78 is 36.0. The molecule has 10 atom stereocenters. The molecule has 5 saturated carbocycles. The lowest BCUT2D eigenvalue weighted by Gasteiger charge is -2.72. The van der Waals surface area contributed by atoms with Gasteiger partial charge in [0.1, 0.15) is 21.9 Å². The van der Waals surface area contributed by atoms with Gasteiger partial charge in [-0.05, 0) is 204 Å². The number of carbonyl (C=O) groups excluding carboxylic acids is 2. The predicted molar refractivity (Wildman–Crippen MR) is 255 cm³/mol. The van der Waals surface area contributed by atoms with Crippen LogP contribution in [0.4, 0.5) is 0 Å². The highest BCUT2D eigenvalue weighted by molar-refractivity contribution is 7.91. The molecule has 1 aromatic rings. The Morgan fingerprint density at radius 1 is 0.828 bits per heavy atom. The van der Waals surface area contributed by atoms with E-state index >= 15 is 0 Å². The molecule has 64 heavy (non-hydrogen) atoms. The van der Waals surface area contributed by atoms with E-state index in [1.807, 2.05) is 25.1 Å². The van der Waals surface area contributed by atoms with Crippen molar-refractivity contribution >= 4 is 21.8 Å². The summed E-state index contributed by atoms with van der Waals surface area (Å²) in [5.74, 6) is 2.10. The summed E-state index contributed by atoms with van der Waals surface area (Å²) in [6.07, 6.45) is 21.7. The molecule has 0 unspecified atom stereocenters. The van der Waals surface area contributed by atoms with Crippen molar-refractivity contribution in [1.82, 2.24) is 5.32 Å². The van der Waals surface area contributed by atoms with Crippen LogP contribution in [0.1, 0.15) is 168 Å². The normalized spacial score (nSPS) is 41.5. The Balaban J connectivity index is 0.997. The van der Waals surface area contributed by atoms with Crippen molar-refractivity contribution in [3.63, 3.8) is 0 Å². The van der Waals surface area contributed by atoms with Gasteiger partial charge in [-0.1, -0.05) is 77.1 Å². The number of benzene rings is 1. The van der Waals surface area contributed by atoms with Crippen LogP contribution in [0.5, 0.6) is 0 Å². The Kier molecular flexibility index (Phi) is 12.7. The topological polar surface area (TPSA) is 119 Å². The highest BCUT2D eigenvalue weighted by Crippen LogP contribution is 2.76. The number of rotatable bonds is 12. The van der Waals surface area contributed by atoms with Crippen molar-refractivity contribution in [3.8, 4) is 0 Å². The van der Waals surface area contributed by atoms with E-state index < -0.39 is 26.8 Å². The van der Waals surface area contributed by atoms with Crippen molar-refractivity contribution in [2.75, 3.05) is 26.0 Å². The monoisotopic (exact) mass is 900 g/mol. The van der Waals surface area contributed by atoms with Gasteiger partial charge >= 0.3 is 11.9 Å². The van der Waals surface area contributed by atoms with Crippen LogP contribution in [0, 0.1) is 56.7 Å². The van der Waals surface area contributed by atoms with Gasteiger partial charge in [0, 0.05) is 11.8 Å². The SMILES string of the molecule is C=C(C)[C@@H]1CC[C@]2(NCCC3(O)CCC(S(C)(=O)=O)CC3)CC[C@]3(C)[C@H](CC[C@@H]4[C@@]5(C)CC=C(C6=CC[C@@](COC(=O)c7ccccc7)(C(=O)OCC)CC6)C(C)(C)[C@@H]5CC[C@]43C)[C@@H]12. The minimum Gasteiger partial charge on any atom is -0.465 e. The smallest absolute Gasteiger partial charge is 0.338 e. The maximum atomic E-state index is 13.6. The quantitative estimate of drug-likeness (QED) is 0.157. The number of hydrogen-bond donors (Lipinski definition) is 2. The molecule has 8 rings (SSSR count). The number of allylic oxidation sites excluding steroid dienone is 5. The maximum absolute atomic E-state index is 13.6. The van der Waals surface area contributed by atoms with Crippen LogP contribution < -0.4 is 5.32 Å². The molecule has 8 nitrogen and oxygen atoms in total. The van der Waals surface area contributed by atoms with Gasteiger partial charge in [-0.15, -0.1) is 0 Å². The average Bonchev–Trinajstić information content (AvgIpc) is 3.63. The number of hydrogen-bond acceptors (Lipinski definition) is 8. The van der Waals surface area contributed by atoms with Crippen molar-refractivity contribution in [2.45, 2.75) is 174 Å². The Morgan fingerprint density at radius 3 is 2.19 bits per heavy atom. The van der Waals surface area contributed by atoms with Crippen LogP contribution in [-0.4, -0.2) is 67.9 Å². The van der Waals surface area contributed by atoms with Crippen LogP contribution in [0.3, 0.4) is 0 Å². The first-order chi connectivity index (χ1) is 30.1. The molecule has 0 aliphatic heterocycles. The second-order valence-corrected chi connectivity index (χ2v) is 26.0. The molecule has 0 amide bonds. The Hall–Kier alpha value is -2.75. The fourth-order valence-corrected chi connectivity index (χ4v) is 17.7. The highest BCUT2D eigenvalue weighted by Gasteiger charge is 2.70. The zero-order valence-electron chi connectivity index (χ0n) is 40.7. The largest absolute Gasteiger partial charge is 0.465 e. The van der Waals surface area contributed by atoms with Gasteiger partial charge in [0.25, 0.3) is 0 Å². The third-order valence-corrected chi connectivity index (χ3v) is 22.0. The second kappa shape index (κ2) is 17.1. The molecule has 7 aliphatic carbocycles. The lowest BCUT2D eigenvalue weighted by Crippen LogP contribution is -2.68. The minimum atomic E-state index is -3.08. The fraction of sp³-hybridized carbons (Fsp3) is 0.745. The molecule has 0 heterocycles. The molecule has 5 fully saturated rings. The van der Waals surface area contributed by atoms with Crippen LogP contribution >= 0.6 is 0 Å². The molecule has 2 N–H and O–H groups in total. The summed E-state index contributed by atoms with van der Waals surface area (Å²) in [7, 11) is -3.08. The number of fused-ring (bicyclic) bond motifs is 7. The molecule has 0 radical (unpaired) electrons. The summed E-state index contributed by atoms with van der Waals surface area (Å²) in [4.78, 5) is 26.6. The Morgan fingerprint density at radius 2 is 1.55 bits per heavy atom. The van der Waals surface area contributed by atoms with E-state index in [-0.39, 0.29) is 51.6 Å². The van der Waals surface area contributed by atoms with E-state index in [0.29, 0.717) is 80.1 Å². The molecule has 0 bridgehead atoms. The third-order valence-electron chi connectivity index (χ3n) is 20.3. The first-order valence-corrected chi connectivity index (χ1v) is 27.1. The van der Waals surface area contributed by atoms with E-state index in [2.05, 4.69) is 65.6 Å². The van der Waals surface area contributed by atoms with Crippen LogP contribution in [0.25, 0.3) is 0 Å². The average molecular weight is 900 g/mol. The number of ether oxygens (including phenoxy) is 2. The second-order valence-electron chi connectivity index (χ2n) is 23.7. The van der Waals surface area contributed by atoms with Gasteiger partial charge in [-0.3, -0.25) is 4.79 Å². The van der Waals surface area contributed by atoms with E-state index in [1.54, 1.807) is 12.1 Å². The van der Waals surface area contributed by atoms with Crippen LogP contribution in [0.2, 0.25) is 0 Å². The molecule has 354 valence electrons. The van der Waals surface area contributed by atoms with Crippen molar-refractivity contribution in [3.05, 3.63) is 71.3 Å². The summed E-state index contributed by atoms with van der Waals surface area (Å²) in [5.41, 5.74) is 3.54. The van der Waals surface area contributed by atoms with E-state index in [9.17, 15) is 23.1 Å². The van der Waals surface area contributed by atoms with E-state index in [1.165, 1.54) is 61.5 Å². The van der Waals surface area contributed by atoms with Gasteiger partial charge in [0.2, 0.25) is 0 Å². The number of sulfone groups is 1. The number of aliphatic hydroxyl groups is 1. The highest BCUT2D eigenvalue weighted by atomic mass is 32.2. The number of nitrogens with one attached hydrogen (secondary N) is 1. The first-order valence-electron chi connectivity index (χ1n) is 25.2. The molecule has 0 saturated heterocycles. The van der Waals surface area contributed by atoms with E-state index in [4.69, 9.17) is 9.47 Å². The first kappa shape index (κ1) is 47.7. The van der Waals surface area contributed by atoms with Gasteiger partial charge in [0.15, 0.2) is 0 Å². The Labute approximate surface area is 386 Å². The van der Waals surface area contributed by atoms with Crippen molar-refractivity contribution in [2.24, 2.45) is 56.7 Å². The lowest BCUT2D eigenvalue weighted by molar-refractivity contribution is -0.221. The van der Waals surface area contributed by atoms with E-state index in [0.717, 1.165) is 32.2 Å². The van der Waals surface area contributed by atoms with Crippen molar-refractivity contribution < 1.29 is 32.6 Å². The number of carbonyl (C=O) groups is 2. The van der Waals surface area contributed by atoms with Gasteiger partial charge < -0.3 is 19.9 Å². The molecule has 0 spiro atoms. The molecule has 9 heteroatoms. The summed E-state index contributed by atoms with van der Waals surface area (Å²) >= 11 is 0. The van der Waals surface area contributed by atoms with Gasteiger partial charge in [0.05, 0.1) is 23.0 Å². The maximum Gasteiger partial charge on any atom is 0.338 e. The molecule has 0 aromatic heterocycles. The Bertz CT molecular complexity index is 2140. The van der Waals surface area contributed by atoms with Crippen LogP contribution in [-0.2, 0) is 24.1 Å². The molecule has 7 aliphatic rings. The lowest BCUT2D eigenvalue weighted by atomic mass is 9.33. The predicted octanol–water partition coefficient (Wildman–Crippen LogP) is 11.1. The zero-order valence-corrected chi connectivity index (χ0v) is 41.5. The third kappa shape index (κ3) is 7.93. The molecular weight excluding hydrogens is 819 g/mol. The standard InChI is InChI=1S/C55H81NO7S/c1-10-62-48(58)53(36-63-47(57)39-14-12-11-13-15-39)27-18-38(19-28-53)42-23-25-50(6)44(49(42,4)5)24-26-52(8)45(50)17-16-43-46-41(37(2)3)22-31-55(46,33-32-51(43,52)7)56-35-34-54(59)29-20-40(21-30-54)64(9,60)61/h11-15,18,23,40-41,43-46,56,59H,2,10,16-17,19-22,24-36H2,1,3-9H3/t40?,41-,43+,44-,45+,46+,50-,51+,52+,53+,54?,55-/m0/s1. The molecule has 1 aromatic carbocycles. The minimum absolute atomic E-state index is 0.0103. The zero-order chi connectivity index (χ0) is 46.1.